The maximum Gasteiger partial charge on any atom is 0.408 e. The van der Waals surface area contributed by atoms with E-state index in [9.17, 15) is 57.5 Å². The van der Waals surface area contributed by atoms with Crippen LogP contribution in [0.3, 0.4) is 0 Å². The van der Waals surface area contributed by atoms with E-state index in [0.717, 1.165) is 82.0 Å². The van der Waals surface area contributed by atoms with Gasteiger partial charge in [-0.25, -0.2) is 28.8 Å². The Bertz CT molecular complexity index is 4680. The minimum Gasteiger partial charge on any atom is -0.450 e. The number of alkyl carbamates (subject to hydrolysis) is 6. The van der Waals surface area contributed by atoms with Crippen LogP contribution in [0.4, 0.5) is 28.8 Å². The third-order valence-corrected chi connectivity index (χ3v) is 28.5. The summed E-state index contributed by atoms with van der Waals surface area (Å²) < 4.78 is 31.1. The molecule has 724 valence electrons. The summed E-state index contributed by atoms with van der Waals surface area (Å²) in [4.78, 5) is 139. The van der Waals surface area contributed by atoms with E-state index in [1.54, 1.807) is 0 Å². The molecule has 24 nitrogen and oxygen atoms in total. The molecule has 0 saturated heterocycles. The molecule has 10 fully saturated rings. The van der Waals surface area contributed by atoms with Gasteiger partial charge in [-0.05, 0) is 165 Å². The lowest BCUT2D eigenvalue weighted by Gasteiger charge is -2.42. The predicted molar refractivity (Wildman–Crippen MR) is 516 cm³/mol. The highest BCUT2D eigenvalue weighted by Crippen LogP contribution is 2.40. The number of carbonyl (C=O) groups excluding carboxylic acids is 12. The summed E-state index contributed by atoms with van der Waals surface area (Å²) in [6.45, 7) is 17.5. The highest BCUT2D eigenvalue weighted by Gasteiger charge is 2.49. The van der Waals surface area contributed by atoms with Gasteiger partial charge in [0.05, 0.1) is 49.5 Å². The lowest BCUT2D eigenvalue weighted by Crippen LogP contribution is -2.59. The zero-order valence-electron chi connectivity index (χ0n) is 80.3. The number of hydrogen-bond donors (Lipinski definition) is 6. The van der Waals surface area contributed by atoms with Crippen LogP contribution in [-0.2, 0) is 83.6 Å². The first-order valence-electron chi connectivity index (χ1n) is 49.7. The van der Waals surface area contributed by atoms with Gasteiger partial charge in [0.15, 0.2) is 34.7 Å². The topological polar surface area (TPSA) is 332 Å². The monoisotopic (exact) mass is 1840 g/mol. The van der Waals surface area contributed by atoms with E-state index in [-0.39, 0.29) is 126 Å². The molecule has 0 spiro atoms. The number of rotatable bonds is 28. The molecule has 10 atom stereocenters. The average Bonchev–Trinajstić information content (AvgIpc) is 0.777. The SMILES string of the molecule is CC1(C)CC(=O)[C@H]1NC(=O)OCCCCC1CCCCC1.CC1(C)CC(=O)[C@H]1NC(=O)OCc1ccc(-c2ccccc2)cc1.C[C@@H]1CC(=O)[C@@H]1NC(=O)OCCCCC1CCCCC1.C[C@@H]1CC(=O)[C@@H]1NC(=O)OCc1ccc(-c2ccccc2)cc1.C[C@@H]1CC(=O)[C@@H]1NC(=O)OCc1ccc(C2CCCCC2)cc1.C[C@H]1CC(=O)[C@@H]1NC(=O)OCc1ccc(C2CCCCC2)cc1. The summed E-state index contributed by atoms with van der Waals surface area (Å²) in [5.41, 5.74) is 10.8. The second-order valence-corrected chi connectivity index (χ2v) is 40.4. The van der Waals surface area contributed by atoms with Crippen LogP contribution < -0.4 is 31.9 Å². The van der Waals surface area contributed by atoms with Crippen LogP contribution in [0.15, 0.2) is 158 Å². The van der Waals surface area contributed by atoms with E-state index in [0.29, 0.717) is 63.6 Å². The van der Waals surface area contributed by atoms with Gasteiger partial charge in [-0.1, -0.05) is 329 Å². The van der Waals surface area contributed by atoms with E-state index in [1.807, 2.05) is 165 Å². The van der Waals surface area contributed by atoms with Crippen LogP contribution in [0.25, 0.3) is 22.3 Å². The minimum absolute atomic E-state index is 0.0594. The minimum atomic E-state index is -0.548. The van der Waals surface area contributed by atoms with Gasteiger partial charge in [-0.15, -0.1) is 0 Å². The molecule has 6 amide bonds. The number of amides is 6. The summed E-state index contributed by atoms with van der Waals surface area (Å²) >= 11 is 0. The van der Waals surface area contributed by atoms with Crippen LogP contribution in [0.5, 0.6) is 0 Å². The van der Waals surface area contributed by atoms with Gasteiger partial charge in [0, 0.05) is 38.5 Å². The first kappa shape index (κ1) is 103. The summed E-state index contributed by atoms with van der Waals surface area (Å²) in [6, 6.07) is 50.5. The van der Waals surface area contributed by atoms with Crippen molar-refractivity contribution < 1.29 is 86.0 Å². The molecule has 16 rings (SSSR count). The molecule has 10 aliphatic carbocycles. The molecule has 6 N–H and O–H groups in total. The maximum atomic E-state index is 11.9. The number of ether oxygens (including phenoxy) is 6. The van der Waals surface area contributed by atoms with Gasteiger partial charge in [0.2, 0.25) is 0 Å². The summed E-state index contributed by atoms with van der Waals surface area (Å²) in [5, 5.41) is 15.9. The van der Waals surface area contributed by atoms with Crippen molar-refractivity contribution in [2.75, 3.05) is 13.2 Å². The Morgan fingerprint density at radius 3 is 0.791 bits per heavy atom. The lowest BCUT2D eigenvalue weighted by atomic mass is 9.66. The van der Waals surface area contributed by atoms with Gasteiger partial charge < -0.3 is 60.3 Å². The molecule has 6 aromatic carbocycles. The largest absolute Gasteiger partial charge is 0.450 e. The molecule has 6 aromatic rings. The molecular weight excluding hydrogens is 1690 g/mol. The molecule has 0 aliphatic heterocycles. The Balaban J connectivity index is 0.000000155. The molecule has 0 unspecified atom stereocenters. The van der Waals surface area contributed by atoms with Crippen molar-refractivity contribution in [2.45, 2.75) is 335 Å². The van der Waals surface area contributed by atoms with Crippen LogP contribution >= 0.6 is 0 Å². The lowest BCUT2D eigenvalue weighted by molar-refractivity contribution is -0.136. The van der Waals surface area contributed by atoms with E-state index in [4.69, 9.17) is 28.4 Å². The van der Waals surface area contributed by atoms with Gasteiger partial charge in [-0.3, -0.25) is 28.8 Å². The first-order chi connectivity index (χ1) is 64.5. The van der Waals surface area contributed by atoms with Gasteiger partial charge >= 0.3 is 36.6 Å². The first-order valence-corrected chi connectivity index (χ1v) is 49.7. The number of hydrogen-bond acceptors (Lipinski definition) is 18. The fourth-order valence-electron chi connectivity index (χ4n) is 19.7. The molecule has 0 radical (unpaired) electrons. The van der Waals surface area contributed by atoms with E-state index in [1.165, 1.54) is 152 Å². The Morgan fingerprint density at radius 2 is 0.530 bits per heavy atom. The zero-order valence-corrected chi connectivity index (χ0v) is 80.3. The highest BCUT2D eigenvalue weighted by atomic mass is 16.6. The predicted octanol–water partition coefficient (Wildman–Crippen LogP) is 22.7. The van der Waals surface area contributed by atoms with Crippen molar-refractivity contribution in [3.63, 3.8) is 0 Å². The number of nitrogens with one attached hydrogen (secondary N) is 6. The Hall–Kier alpha value is -11.0. The van der Waals surface area contributed by atoms with Crippen molar-refractivity contribution in [1.29, 1.82) is 0 Å². The number of ketones is 6. The van der Waals surface area contributed by atoms with Crippen molar-refractivity contribution in [3.8, 4) is 22.3 Å². The third-order valence-electron chi connectivity index (χ3n) is 28.5. The summed E-state index contributed by atoms with van der Waals surface area (Å²) in [7, 11) is 0. The van der Waals surface area contributed by atoms with E-state index < -0.39 is 42.6 Å². The molecule has 0 heterocycles. The van der Waals surface area contributed by atoms with Crippen molar-refractivity contribution in [1.82, 2.24) is 31.9 Å². The van der Waals surface area contributed by atoms with Crippen molar-refractivity contribution >= 4 is 71.3 Å². The standard InChI is InChI=1S/C20H21NO3.2C19H25NO3.C19H19NO3.C17H29NO3.C16H27NO3/c1-20(2)12-17(22)18(20)21-19(23)24-13-14-8-10-16(11-9-14)15-6-4-3-5-7-15;3*1-13-11-17(21)18(13)20-19(22)23-12-14-7-9-16(10-8-14)15-5-3-2-4-6-15;1-17(2)12-14(19)15(17)18-16(20)21-11-7-6-10-13-8-4-3-5-9-13;1-12-11-14(18)15(12)17-16(19)20-10-6-5-9-13-7-3-2-4-8-13/h3-11,18H,12-13H2,1-2H3,(H,21,23);2*7-10,13,15,18H,2-6,11-12H2,1H3,(H,20,22);2-10,13,18H,11-12H2,1H3,(H,20,22);13,15H,3-12H2,1-2H3,(H,18,20);12-13,15H,2-11H2,1H3,(H,17,19)/t18-;13-,18+;2*13-,18-;15-;12-,15-/m101111/s1. The second kappa shape index (κ2) is 52.2. The number of unbranched alkanes of at least 4 members (excludes halogenated alkanes) is 2. The van der Waals surface area contributed by atoms with Crippen molar-refractivity contribution in [2.24, 2.45) is 46.3 Å². The van der Waals surface area contributed by atoms with Crippen LogP contribution in [-0.4, -0.2) is 121 Å². The third kappa shape index (κ3) is 32.6. The molecule has 134 heavy (non-hydrogen) atoms. The smallest absolute Gasteiger partial charge is 0.408 e. The molecule has 24 heteroatoms. The molecule has 0 bridgehead atoms. The number of carbonyl (C=O) groups is 12. The average molecular weight is 1840 g/mol. The molecule has 10 aliphatic rings. The van der Waals surface area contributed by atoms with E-state index >= 15 is 0 Å². The van der Waals surface area contributed by atoms with Crippen LogP contribution in [0.2, 0.25) is 0 Å². The molecular formula is C110H146N6O18. The Labute approximate surface area is 793 Å². The summed E-state index contributed by atoms with van der Waals surface area (Å²) in [6.07, 6.45) is 33.9. The fraction of sp³-hybridized carbons (Fsp3) is 0.564. The highest BCUT2D eigenvalue weighted by molar-refractivity contribution is 5.97. The quantitative estimate of drug-likeness (QED) is 0.0196. The fourth-order valence-corrected chi connectivity index (χ4v) is 19.7. The van der Waals surface area contributed by atoms with Gasteiger partial charge in [-0.2, -0.15) is 0 Å². The molecule has 10 saturated carbocycles. The molecule has 0 aromatic heterocycles. The Morgan fingerprint density at radius 1 is 0.284 bits per heavy atom. The number of benzene rings is 6. The normalized spacial score (nSPS) is 23.2. The number of Topliss-reactive ketones (excluding diaryl/α,β-unsaturated/α-hetero) is 6. The van der Waals surface area contributed by atoms with Crippen LogP contribution in [0.1, 0.15) is 306 Å². The van der Waals surface area contributed by atoms with Crippen LogP contribution in [0, 0.1) is 46.3 Å². The maximum absolute atomic E-state index is 11.9. The van der Waals surface area contributed by atoms with Crippen molar-refractivity contribution in [3.05, 3.63) is 191 Å². The zero-order chi connectivity index (χ0) is 95.5. The Kier molecular flexibility index (Phi) is 40.3. The van der Waals surface area contributed by atoms with Gasteiger partial charge in [0.25, 0.3) is 0 Å². The van der Waals surface area contributed by atoms with Gasteiger partial charge in [0.1, 0.15) is 26.4 Å². The second-order valence-electron chi connectivity index (χ2n) is 40.4. The summed E-state index contributed by atoms with van der Waals surface area (Å²) in [5.74, 6) is 4.56. The van der Waals surface area contributed by atoms with E-state index in [2.05, 4.69) is 80.4 Å².